The number of carbonyl (C=O) groups excluding carboxylic acids is 1. The van der Waals surface area contributed by atoms with Crippen LogP contribution in [0.5, 0.6) is 0 Å². The molecule has 178 valence electrons. The van der Waals surface area contributed by atoms with Gasteiger partial charge >= 0.3 is 11.9 Å². The molecule has 4 heteroatoms. The quantitative estimate of drug-likeness (QED) is 0.132. The van der Waals surface area contributed by atoms with Gasteiger partial charge in [-0.2, -0.15) is 0 Å². The summed E-state index contributed by atoms with van der Waals surface area (Å²) in [6.07, 6.45) is 21.9. The third-order valence-corrected chi connectivity index (χ3v) is 5.92. The van der Waals surface area contributed by atoms with Crippen LogP contribution in [0.2, 0.25) is 0 Å². The van der Waals surface area contributed by atoms with E-state index in [0.717, 1.165) is 64.2 Å². The number of aliphatic carboxylic acids is 1. The lowest BCUT2D eigenvalue weighted by atomic mass is 9.94. The summed E-state index contributed by atoms with van der Waals surface area (Å²) in [5.41, 5.74) is 0. The summed E-state index contributed by atoms with van der Waals surface area (Å²) in [5, 5.41) is 8.68. The summed E-state index contributed by atoms with van der Waals surface area (Å²) in [6.45, 7) is 5.03. The van der Waals surface area contributed by atoms with Crippen LogP contribution >= 0.6 is 0 Å². The first-order valence-corrected chi connectivity index (χ1v) is 13.0. The molecule has 0 saturated heterocycles. The second kappa shape index (κ2) is 22.6. The lowest BCUT2D eigenvalue weighted by Gasteiger charge is -2.16. The minimum absolute atomic E-state index is 0.0142. The van der Waals surface area contributed by atoms with Crippen LogP contribution in [0.15, 0.2) is 0 Å². The zero-order valence-electron chi connectivity index (χ0n) is 20.1. The fraction of sp³-hybridized carbons (Fsp3) is 0.923. The summed E-state index contributed by atoms with van der Waals surface area (Å²) in [4.78, 5) is 23.1. The van der Waals surface area contributed by atoms with Crippen LogP contribution in [-0.2, 0) is 14.3 Å². The van der Waals surface area contributed by atoms with Crippen molar-refractivity contribution in [3.05, 3.63) is 0 Å². The molecule has 0 aromatic rings. The molecule has 0 aliphatic carbocycles. The van der Waals surface area contributed by atoms with Crippen molar-refractivity contribution < 1.29 is 19.4 Å². The number of carbonyl (C=O) groups is 2. The molecule has 0 amide bonds. The highest BCUT2D eigenvalue weighted by Gasteiger charge is 2.19. The van der Waals surface area contributed by atoms with Gasteiger partial charge in [0.25, 0.3) is 0 Å². The van der Waals surface area contributed by atoms with E-state index in [1.807, 2.05) is 0 Å². The van der Waals surface area contributed by atoms with Gasteiger partial charge in [0.05, 0.1) is 12.5 Å². The van der Waals surface area contributed by atoms with Crippen molar-refractivity contribution in [2.45, 2.75) is 142 Å². The molecule has 0 aliphatic rings. The van der Waals surface area contributed by atoms with E-state index in [2.05, 4.69) is 13.8 Å². The molecule has 0 rings (SSSR count). The molecule has 4 nitrogen and oxygen atoms in total. The Morgan fingerprint density at radius 1 is 0.633 bits per heavy atom. The van der Waals surface area contributed by atoms with Crippen LogP contribution < -0.4 is 0 Å². The van der Waals surface area contributed by atoms with Gasteiger partial charge in [-0.15, -0.1) is 0 Å². The number of unbranched alkanes of at least 4 members (excludes halogenated alkanes) is 14. The van der Waals surface area contributed by atoms with Gasteiger partial charge in [0.2, 0.25) is 0 Å². The first-order chi connectivity index (χ1) is 14.6. The molecule has 0 spiro atoms. The van der Waals surface area contributed by atoms with Gasteiger partial charge in [-0.05, 0) is 25.7 Å². The van der Waals surface area contributed by atoms with Crippen molar-refractivity contribution in [1.82, 2.24) is 0 Å². The lowest BCUT2D eigenvalue weighted by molar-refractivity contribution is -0.149. The van der Waals surface area contributed by atoms with Gasteiger partial charge in [0, 0.05) is 6.42 Å². The van der Waals surface area contributed by atoms with E-state index in [9.17, 15) is 9.59 Å². The molecule has 0 bridgehead atoms. The van der Waals surface area contributed by atoms with E-state index in [-0.39, 0.29) is 18.3 Å². The topological polar surface area (TPSA) is 63.6 Å². The summed E-state index contributed by atoms with van der Waals surface area (Å²) >= 11 is 0. The Hall–Kier alpha value is -1.06. The summed E-state index contributed by atoms with van der Waals surface area (Å²) in [6, 6.07) is 0. The zero-order valence-corrected chi connectivity index (χ0v) is 20.1. The lowest BCUT2D eigenvalue weighted by Crippen LogP contribution is -2.18. The van der Waals surface area contributed by atoms with E-state index < -0.39 is 5.97 Å². The Morgan fingerprint density at radius 2 is 1.07 bits per heavy atom. The monoisotopic (exact) mass is 426 g/mol. The maximum Gasteiger partial charge on any atom is 0.308 e. The van der Waals surface area contributed by atoms with Crippen molar-refractivity contribution in [3.8, 4) is 0 Å². The fourth-order valence-corrected chi connectivity index (χ4v) is 3.92. The van der Waals surface area contributed by atoms with Crippen molar-refractivity contribution >= 4 is 11.9 Å². The van der Waals surface area contributed by atoms with Gasteiger partial charge in [0.15, 0.2) is 0 Å². The first kappa shape index (κ1) is 28.9. The molecule has 0 heterocycles. The molecule has 0 aliphatic heterocycles. The average molecular weight is 427 g/mol. The number of esters is 1. The normalized spacial score (nSPS) is 12.1. The molecule has 1 unspecified atom stereocenters. The molecular formula is C26H50O4. The highest BCUT2D eigenvalue weighted by molar-refractivity contribution is 5.72. The molecule has 0 aromatic carbocycles. The molecule has 0 aromatic heterocycles. The van der Waals surface area contributed by atoms with E-state index in [1.54, 1.807) is 0 Å². The molecule has 1 N–H and O–H groups in total. The van der Waals surface area contributed by atoms with Gasteiger partial charge < -0.3 is 9.84 Å². The number of rotatable bonds is 23. The molecular weight excluding hydrogens is 376 g/mol. The number of carboxylic acid groups (broad SMARTS) is 1. The maximum atomic E-state index is 12.6. The standard InChI is InChI=1S/C26H50O4/c1-3-5-7-9-10-11-15-19-23-30-26(29)24(20-16-8-6-4-2)21-17-13-12-14-18-22-25(27)28/h24H,3-23H2,1-2H3,(H,27,28). The van der Waals surface area contributed by atoms with Gasteiger partial charge in [0.1, 0.15) is 0 Å². The third kappa shape index (κ3) is 20.2. The van der Waals surface area contributed by atoms with Crippen molar-refractivity contribution in [2.24, 2.45) is 5.92 Å². The van der Waals surface area contributed by atoms with E-state index in [0.29, 0.717) is 6.61 Å². The summed E-state index contributed by atoms with van der Waals surface area (Å²) in [5.74, 6) is -0.642. The minimum atomic E-state index is -0.707. The second-order valence-electron chi connectivity index (χ2n) is 8.89. The Morgan fingerprint density at radius 3 is 1.60 bits per heavy atom. The number of ether oxygens (including phenoxy) is 1. The van der Waals surface area contributed by atoms with Crippen LogP contribution in [0.3, 0.4) is 0 Å². The fourth-order valence-electron chi connectivity index (χ4n) is 3.92. The molecule has 1 atom stereocenters. The van der Waals surface area contributed by atoms with Crippen LogP contribution in [0.1, 0.15) is 142 Å². The smallest absolute Gasteiger partial charge is 0.308 e. The highest BCUT2D eigenvalue weighted by Crippen LogP contribution is 2.20. The predicted octanol–water partition coefficient (Wildman–Crippen LogP) is 8.07. The van der Waals surface area contributed by atoms with Crippen LogP contribution in [0, 0.1) is 5.92 Å². The largest absolute Gasteiger partial charge is 0.481 e. The molecule has 0 fully saturated rings. The van der Waals surface area contributed by atoms with Crippen LogP contribution in [0.25, 0.3) is 0 Å². The SMILES string of the molecule is CCCCCCCCCCOC(=O)C(CCCCCC)CCCCCCCC(=O)O. The average Bonchev–Trinajstić information content (AvgIpc) is 2.73. The molecule has 30 heavy (non-hydrogen) atoms. The van der Waals surface area contributed by atoms with Crippen molar-refractivity contribution in [1.29, 1.82) is 0 Å². The molecule has 0 saturated carbocycles. The number of carboxylic acids is 1. The number of hydrogen-bond donors (Lipinski definition) is 1. The van der Waals surface area contributed by atoms with Gasteiger partial charge in [-0.1, -0.05) is 110 Å². The minimum Gasteiger partial charge on any atom is -0.481 e. The van der Waals surface area contributed by atoms with Crippen molar-refractivity contribution in [2.75, 3.05) is 6.61 Å². The first-order valence-electron chi connectivity index (χ1n) is 13.0. The Kier molecular flexibility index (Phi) is 21.8. The Bertz CT molecular complexity index is 394. The van der Waals surface area contributed by atoms with Crippen LogP contribution in [-0.4, -0.2) is 23.7 Å². The van der Waals surface area contributed by atoms with E-state index in [4.69, 9.17) is 9.84 Å². The number of hydrogen-bond acceptors (Lipinski definition) is 3. The Labute approximate surface area is 186 Å². The summed E-state index contributed by atoms with van der Waals surface area (Å²) < 4.78 is 5.62. The highest BCUT2D eigenvalue weighted by atomic mass is 16.5. The molecule has 0 radical (unpaired) electrons. The van der Waals surface area contributed by atoms with Gasteiger partial charge in [-0.3, -0.25) is 9.59 Å². The zero-order chi connectivity index (χ0) is 22.3. The third-order valence-electron chi connectivity index (χ3n) is 5.92. The second-order valence-corrected chi connectivity index (χ2v) is 8.89. The summed E-state index contributed by atoms with van der Waals surface area (Å²) in [7, 11) is 0. The van der Waals surface area contributed by atoms with E-state index >= 15 is 0 Å². The Balaban J connectivity index is 3.95. The van der Waals surface area contributed by atoms with Crippen molar-refractivity contribution in [3.63, 3.8) is 0 Å². The van der Waals surface area contributed by atoms with Crippen LogP contribution in [0.4, 0.5) is 0 Å². The van der Waals surface area contributed by atoms with Gasteiger partial charge in [-0.25, -0.2) is 0 Å². The predicted molar refractivity (Wildman–Crippen MR) is 126 cm³/mol. The maximum absolute atomic E-state index is 12.6. The van der Waals surface area contributed by atoms with E-state index in [1.165, 1.54) is 57.8 Å².